The second-order valence-electron chi connectivity index (χ2n) is 12.3. The van der Waals surface area contributed by atoms with Crippen LogP contribution in [-0.4, -0.2) is 19.9 Å². The molecule has 0 fully saturated rings. The smallest absolute Gasteiger partial charge is 0.164 e. The van der Waals surface area contributed by atoms with Gasteiger partial charge < -0.3 is 4.42 Å². The largest absolute Gasteiger partial charge is 0.455 e. The molecule has 5 nitrogen and oxygen atoms in total. The van der Waals surface area contributed by atoms with Crippen LogP contribution in [0.15, 0.2) is 162 Å². The molecule has 0 N–H and O–H groups in total. The highest BCUT2D eigenvalue weighted by molar-refractivity contribution is 6.19. The maximum absolute atomic E-state index is 6.46. The Morgan fingerprint density at radius 1 is 0.408 bits per heavy atom. The van der Waals surface area contributed by atoms with E-state index < -0.39 is 0 Å². The van der Waals surface area contributed by atoms with Gasteiger partial charge in [0.2, 0.25) is 0 Å². The van der Waals surface area contributed by atoms with Gasteiger partial charge in [0.1, 0.15) is 11.2 Å². The second-order valence-corrected chi connectivity index (χ2v) is 12.3. The maximum Gasteiger partial charge on any atom is 0.164 e. The van der Waals surface area contributed by atoms with E-state index in [0.717, 1.165) is 71.3 Å². The normalized spacial score (nSPS) is 11.7. The third kappa shape index (κ3) is 4.63. The number of pyridine rings is 1. The van der Waals surface area contributed by atoms with Crippen molar-refractivity contribution in [2.45, 2.75) is 0 Å². The van der Waals surface area contributed by atoms with Crippen LogP contribution >= 0.6 is 0 Å². The molecule has 7 aromatic carbocycles. The Balaban J connectivity index is 1.16. The predicted octanol–water partition coefficient (Wildman–Crippen LogP) is 11.3. The monoisotopic (exact) mass is 626 g/mol. The highest BCUT2D eigenvalue weighted by Gasteiger charge is 2.17. The molecule has 10 aromatic rings. The quantitative estimate of drug-likeness (QED) is 0.194. The van der Waals surface area contributed by atoms with E-state index in [-0.39, 0.29) is 0 Å². The van der Waals surface area contributed by atoms with Gasteiger partial charge in [-0.2, -0.15) is 0 Å². The van der Waals surface area contributed by atoms with Crippen molar-refractivity contribution in [1.82, 2.24) is 19.9 Å². The van der Waals surface area contributed by atoms with Crippen LogP contribution in [0.5, 0.6) is 0 Å². The van der Waals surface area contributed by atoms with Gasteiger partial charge in [-0.1, -0.05) is 109 Å². The Morgan fingerprint density at radius 2 is 1.00 bits per heavy atom. The summed E-state index contributed by atoms with van der Waals surface area (Å²) in [5.41, 5.74) is 6.61. The average molecular weight is 627 g/mol. The molecule has 0 aliphatic carbocycles. The summed E-state index contributed by atoms with van der Waals surface area (Å²) < 4.78 is 6.46. The van der Waals surface area contributed by atoms with Crippen LogP contribution in [0.2, 0.25) is 0 Å². The molecule has 0 aliphatic heterocycles. The lowest BCUT2D eigenvalue weighted by Gasteiger charge is -2.11. The second kappa shape index (κ2) is 10.9. The fourth-order valence-electron chi connectivity index (χ4n) is 6.93. The third-order valence-electron chi connectivity index (χ3n) is 9.36. The molecular formula is C44H26N4O. The highest BCUT2D eigenvalue weighted by atomic mass is 16.3. The zero-order chi connectivity index (χ0) is 32.3. The van der Waals surface area contributed by atoms with Crippen molar-refractivity contribution in [3.8, 4) is 45.3 Å². The summed E-state index contributed by atoms with van der Waals surface area (Å²) in [5.74, 6) is 1.88. The van der Waals surface area contributed by atoms with Crippen LogP contribution in [0.4, 0.5) is 0 Å². The minimum Gasteiger partial charge on any atom is -0.455 e. The Kier molecular flexibility index (Phi) is 6.11. The Morgan fingerprint density at radius 3 is 1.69 bits per heavy atom. The molecule has 3 aromatic heterocycles. The number of aromatic nitrogens is 4. The zero-order valence-corrected chi connectivity index (χ0v) is 26.2. The molecule has 0 spiro atoms. The molecule has 0 unspecified atom stereocenters. The van der Waals surface area contributed by atoms with Crippen molar-refractivity contribution in [2.24, 2.45) is 0 Å². The average Bonchev–Trinajstić information content (AvgIpc) is 3.57. The number of nitrogens with zero attached hydrogens (tertiary/aromatic N) is 4. The summed E-state index contributed by atoms with van der Waals surface area (Å²) in [5, 5.41) is 8.87. The molecule has 10 rings (SSSR count). The summed E-state index contributed by atoms with van der Waals surface area (Å²) in [4.78, 5) is 19.6. The zero-order valence-electron chi connectivity index (χ0n) is 26.2. The fraction of sp³-hybridized carbons (Fsp3) is 0. The molecule has 5 heteroatoms. The van der Waals surface area contributed by atoms with Crippen LogP contribution < -0.4 is 0 Å². The molecule has 0 bridgehead atoms. The van der Waals surface area contributed by atoms with Gasteiger partial charge in [-0.05, 0) is 74.5 Å². The van der Waals surface area contributed by atoms with Gasteiger partial charge in [0.15, 0.2) is 17.5 Å². The molecule has 228 valence electrons. The van der Waals surface area contributed by atoms with E-state index in [2.05, 4.69) is 132 Å². The summed E-state index contributed by atoms with van der Waals surface area (Å²) in [6.07, 6.45) is 3.69. The number of fused-ring (bicyclic) bond motifs is 7. The van der Waals surface area contributed by atoms with Gasteiger partial charge in [0.25, 0.3) is 0 Å². The van der Waals surface area contributed by atoms with E-state index in [4.69, 9.17) is 19.4 Å². The van der Waals surface area contributed by atoms with E-state index in [1.54, 1.807) is 0 Å². The summed E-state index contributed by atoms with van der Waals surface area (Å²) in [6, 6.07) is 50.4. The Labute approximate surface area is 281 Å². The highest BCUT2D eigenvalue weighted by Crippen LogP contribution is 2.40. The van der Waals surface area contributed by atoms with Gasteiger partial charge in [-0.15, -0.1) is 0 Å². The van der Waals surface area contributed by atoms with Crippen LogP contribution in [0, 0.1) is 0 Å². The predicted molar refractivity (Wildman–Crippen MR) is 199 cm³/mol. The van der Waals surface area contributed by atoms with Gasteiger partial charge in [-0.25, -0.2) is 15.0 Å². The van der Waals surface area contributed by atoms with Gasteiger partial charge >= 0.3 is 0 Å². The van der Waals surface area contributed by atoms with Crippen molar-refractivity contribution in [3.05, 3.63) is 158 Å². The molecule has 0 amide bonds. The van der Waals surface area contributed by atoms with Crippen LogP contribution in [-0.2, 0) is 0 Å². The number of rotatable bonds is 4. The third-order valence-corrected chi connectivity index (χ3v) is 9.36. The maximum atomic E-state index is 6.46. The molecule has 3 heterocycles. The van der Waals surface area contributed by atoms with Crippen molar-refractivity contribution >= 4 is 54.3 Å². The Hall–Kier alpha value is -6.72. The lowest BCUT2D eigenvalue weighted by molar-refractivity contribution is 0.672. The topological polar surface area (TPSA) is 64.7 Å². The first-order valence-electron chi connectivity index (χ1n) is 16.3. The molecule has 0 atom stereocenters. The van der Waals surface area contributed by atoms with Crippen molar-refractivity contribution < 1.29 is 4.42 Å². The molecular weight excluding hydrogens is 601 g/mol. The first kappa shape index (κ1) is 27.4. The number of hydrogen-bond acceptors (Lipinski definition) is 5. The van der Waals surface area contributed by atoms with Crippen LogP contribution in [0.3, 0.4) is 0 Å². The van der Waals surface area contributed by atoms with Gasteiger partial charge in [0, 0.05) is 45.2 Å². The minimum atomic E-state index is 0.615. The summed E-state index contributed by atoms with van der Waals surface area (Å²) >= 11 is 0. The van der Waals surface area contributed by atoms with E-state index in [1.807, 2.05) is 30.6 Å². The SMILES string of the molecule is c1cc(-c2nc(-c3ccc4ccccc4c3)nc(-c3ccc4ccccc4c3)n2)cc(-c2cccc3oc4c5cnccc5ccc4c23)c1. The van der Waals surface area contributed by atoms with E-state index in [9.17, 15) is 0 Å². The molecule has 0 aliphatic rings. The Bertz CT molecular complexity index is 2810. The lowest BCUT2D eigenvalue weighted by Crippen LogP contribution is -2.00. The lowest BCUT2D eigenvalue weighted by atomic mass is 9.97. The fourth-order valence-corrected chi connectivity index (χ4v) is 6.93. The standard InChI is InChI=1S/C44H26N4O/c1-3-9-30-23-34(17-15-27(30)7-1)43-46-42(47-44(48-43)35-18-16-28-8-2-4-10-31(28)24-35)33-12-5-11-32(25-33)36-13-6-14-39-40(36)37-20-19-29-21-22-45-26-38(29)41(37)49-39/h1-26H. The first-order valence-corrected chi connectivity index (χ1v) is 16.3. The van der Waals surface area contributed by atoms with Gasteiger partial charge in [-0.3, -0.25) is 4.98 Å². The summed E-state index contributed by atoms with van der Waals surface area (Å²) in [7, 11) is 0. The minimum absolute atomic E-state index is 0.615. The van der Waals surface area contributed by atoms with Crippen molar-refractivity contribution in [2.75, 3.05) is 0 Å². The first-order chi connectivity index (χ1) is 24.2. The molecule has 0 radical (unpaired) electrons. The molecule has 49 heavy (non-hydrogen) atoms. The van der Waals surface area contributed by atoms with Crippen LogP contribution in [0.1, 0.15) is 0 Å². The van der Waals surface area contributed by atoms with Crippen molar-refractivity contribution in [1.29, 1.82) is 0 Å². The van der Waals surface area contributed by atoms with E-state index in [0.29, 0.717) is 17.5 Å². The van der Waals surface area contributed by atoms with E-state index >= 15 is 0 Å². The molecule has 0 saturated carbocycles. The van der Waals surface area contributed by atoms with Gasteiger partial charge in [0.05, 0.1) is 0 Å². The van der Waals surface area contributed by atoms with Crippen molar-refractivity contribution in [3.63, 3.8) is 0 Å². The molecule has 0 saturated heterocycles. The number of furan rings is 1. The number of benzene rings is 7. The van der Waals surface area contributed by atoms with E-state index in [1.165, 1.54) is 10.8 Å². The van der Waals surface area contributed by atoms with Crippen LogP contribution in [0.25, 0.3) is 99.5 Å². The summed E-state index contributed by atoms with van der Waals surface area (Å²) in [6.45, 7) is 0. The number of hydrogen-bond donors (Lipinski definition) is 0.